The second-order valence-electron chi connectivity index (χ2n) is 4.87. The average Bonchev–Trinajstić information content (AvgIpc) is 2.76. The van der Waals surface area contributed by atoms with Crippen molar-refractivity contribution in [3.8, 4) is 0 Å². The fourth-order valence-electron chi connectivity index (χ4n) is 1.82. The van der Waals surface area contributed by atoms with Crippen LogP contribution in [0.5, 0.6) is 0 Å². The highest BCUT2D eigenvalue weighted by Gasteiger charge is 2.00. The average molecular weight is 260 g/mol. The van der Waals surface area contributed by atoms with Crippen molar-refractivity contribution in [2.75, 3.05) is 11.9 Å². The summed E-state index contributed by atoms with van der Waals surface area (Å²) in [5.41, 5.74) is 3.87. The van der Waals surface area contributed by atoms with Gasteiger partial charge in [0.1, 0.15) is 0 Å². The van der Waals surface area contributed by atoms with Gasteiger partial charge in [0.25, 0.3) is 0 Å². The molecule has 0 unspecified atom stereocenters. The third-order valence-corrected chi connectivity index (χ3v) is 3.87. The first-order chi connectivity index (χ1) is 8.65. The second kappa shape index (κ2) is 6.01. The van der Waals surface area contributed by atoms with Crippen LogP contribution in [-0.4, -0.2) is 11.5 Å². The minimum Gasteiger partial charge on any atom is -0.361 e. The van der Waals surface area contributed by atoms with Crippen molar-refractivity contribution in [3.63, 3.8) is 0 Å². The molecule has 0 aliphatic carbocycles. The highest BCUT2D eigenvalue weighted by atomic mass is 32.1. The molecule has 1 aromatic heterocycles. The van der Waals surface area contributed by atoms with E-state index < -0.39 is 0 Å². The molecule has 0 spiro atoms. The van der Waals surface area contributed by atoms with E-state index in [1.165, 1.54) is 11.1 Å². The van der Waals surface area contributed by atoms with Crippen LogP contribution >= 0.6 is 11.3 Å². The normalized spacial score (nSPS) is 10.9. The zero-order valence-electron chi connectivity index (χ0n) is 11.2. The van der Waals surface area contributed by atoms with Gasteiger partial charge in [0, 0.05) is 11.9 Å². The van der Waals surface area contributed by atoms with Gasteiger partial charge in [-0.1, -0.05) is 38.1 Å². The lowest BCUT2D eigenvalue weighted by molar-refractivity contribution is 0.864. The van der Waals surface area contributed by atoms with Crippen molar-refractivity contribution in [2.24, 2.45) is 0 Å². The minimum absolute atomic E-state index is 0.607. The molecule has 0 atom stereocenters. The zero-order chi connectivity index (χ0) is 13.0. The summed E-state index contributed by atoms with van der Waals surface area (Å²) in [6.07, 6.45) is 1.04. The third-order valence-electron chi connectivity index (χ3n) is 2.96. The van der Waals surface area contributed by atoms with E-state index in [-0.39, 0.29) is 0 Å². The number of nitrogens with one attached hydrogen (secondary N) is 1. The van der Waals surface area contributed by atoms with Crippen molar-refractivity contribution in [1.82, 2.24) is 4.98 Å². The summed E-state index contributed by atoms with van der Waals surface area (Å²) in [6.45, 7) is 7.41. The van der Waals surface area contributed by atoms with Crippen molar-refractivity contribution < 1.29 is 0 Å². The quantitative estimate of drug-likeness (QED) is 0.870. The Morgan fingerprint density at radius 3 is 2.50 bits per heavy atom. The molecule has 1 N–H and O–H groups in total. The monoisotopic (exact) mass is 260 g/mol. The third kappa shape index (κ3) is 3.57. The van der Waals surface area contributed by atoms with Crippen LogP contribution in [0.15, 0.2) is 29.6 Å². The van der Waals surface area contributed by atoms with Gasteiger partial charge in [-0.25, -0.2) is 4.98 Å². The Hall–Kier alpha value is -1.35. The van der Waals surface area contributed by atoms with E-state index >= 15 is 0 Å². The lowest BCUT2D eigenvalue weighted by atomic mass is 10.0. The van der Waals surface area contributed by atoms with E-state index in [2.05, 4.69) is 53.8 Å². The number of anilines is 1. The number of thiazole rings is 1. The highest BCUT2D eigenvalue weighted by Crippen LogP contribution is 2.16. The van der Waals surface area contributed by atoms with Crippen molar-refractivity contribution in [3.05, 3.63) is 46.5 Å². The Bertz CT molecular complexity index is 485. The Labute approximate surface area is 113 Å². The molecule has 0 radical (unpaired) electrons. The molecule has 0 fully saturated rings. The molecule has 18 heavy (non-hydrogen) atoms. The van der Waals surface area contributed by atoms with Crippen molar-refractivity contribution in [2.45, 2.75) is 33.1 Å². The largest absolute Gasteiger partial charge is 0.361 e. The summed E-state index contributed by atoms with van der Waals surface area (Å²) in [5, 5.41) is 6.45. The van der Waals surface area contributed by atoms with Gasteiger partial charge in [-0.3, -0.25) is 0 Å². The molecule has 0 saturated carbocycles. The van der Waals surface area contributed by atoms with Gasteiger partial charge < -0.3 is 5.32 Å². The number of benzene rings is 1. The van der Waals surface area contributed by atoms with Gasteiger partial charge in [-0.15, -0.1) is 11.3 Å². The molecular formula is C15H20N2S. The van der Waals surface area contributed by atoms with Crippen LogP contribution in [0, 0.1) is 6.92 Å². The number of rotatable bonds is 5. The van der Waals surface area contributed by atoms with Crippen LogP contribution in [0.25, 0.3) is 0 Å². The fourth-order valence-corrected chi connectivity index (χ4v) is 2.54. The predicted molar refractivity (Wildman–Crippen MR) is 79.6 cm³/mol. The van der Waals surface area contributed by atoms with E-state index in [9.17, 15) is 0 Å². The summed E-state index contributed by atoms with van der Waals surface area (Å²) >= 11 is 1.67. The molecule has 0 aliphatic heterocycles. The lowest BCUT2D eigenvalue weighted by Gasteiger charge is -2.07. The lowest BCUT2D eigenvalue weighted by Crippen LogP contribution is -2.04. The molecule has 1 aromatic carbocycles. The predicted octanol–water partition coefficient (Wildman–Crippen LogP) is 4.23. The Kier molecular flexibility index (Phi) is 4.37. The van der Waals surface area contributed by atoms with Gasteiger partial charge in [-0.05, 0) is 30.4 Å². The van der Waals surface area contributed by atoms with Crippen LogP contribution in [0.4, 0.5) is 5.13 Å². The molecule has 96 valence electrons. The standard InChI is InChI=1S/C15H20N2S/c1-11(2)14-6-4-13(5-7-14)8-9-16-15-17-12(3)10-18-15/h4-7,10-11H,8-9H2,1-3H3,(H,16,17). The number of aryl methyl sites for hydroxylation is 1. The number of nitrogens with zero attached hydrogens (tertiary/aromatic N) is 1. The van der Waals surface area contributed by atoms with Crippen LogP contribution in [-0.2, 0) is 6.42 Å². The summed E-state index contributed by atoms with van der Waals surface area (Å²) in [6, 6.07) is 8.91. The minimum atomic E-state index is 0.607. The molecule has 2 rings (SSSR count). The number of aromatic nitrogens is 1. The SMILES string of the molecule is Cc1csc(NCCc2ccc(C(C)C)cc2)n1. The van der Waals surface area contributed by atoms with Crippen LogP contribution in [0.1, 0.15) is 36.6 Å². The number of hydrogen-bond acceptors (Lipinski definition) is 3. The van der Waals surface area contributed by atoms with E-state index in [4.69, 9.17) is 0 Å². The van der Waals surface area contributed by atoms with Gasteiger partial charge >= 0.3 is 0 Å². The number of hydrogen-bond donors (Lipinski definition) is 1. The van der Waals surface area contributed by atoms with Crippen LogP contribution in [0.3, 0.4) is 0 Å². The summed E-state index contributed by atoms with van der Waals surface area (Å²) in [5.74, 6) is 0.607. The smallest absolute Gasteiger partial charge is 0.182 e. The first-order valence-corrected chi connectivity index (χ1v) is 7.28. The molecule has 0 aliphatic rings. The summed E-state index contributed by atoms with van der Waals surface area (Å²) in [4.78, 5) is 4.39. The Morgan fingerprint density at radius 2 is 1.94 bits per heavy atom. The first-order valence-electron chi connectivity index (χ1n) is 6.40. The maximum Gasteiger partial charge on any atom is 0.182 e. The summed E-state index contributed by atoms with van der Waals surface area (Å²) in [7, 11) is 0. The Balaban J connectivity index is 1.83. The van der Waals surface area contributed by atoms with Crippen molar-refractivity contribution in [1.29, 1.82) is 0 Å². The van der Waals surface area contributed by atoms with Crippen LogP contribution < -0.4 is 5.32 Å². The van der Waals surface area contributed by atoms with E-state index in [0.717, 1.165) is 23.8 Å². The first kappa shape index (κ1) is 13.1. The van der Waals surface area contributed by atoms with E-state index in [0.29, 0.717) is 5.92 Å². The molecule has 0 bridgehead atoms. The van der Waals surface area contributed by atoms with Gasteiger partial charge in [-0.2, -0.15) is 0 Å². The maximum absolute atomic E-state index is 4.39. The highest BCUT2D eigenvalue weighted by molar-refractivity contribution is 7.13. The topological polar surface area (TPSA) is 24.9 Å². The van der Waals surface area contributed by atoms with Gasteiger partial charge in [0.2, 0.25) is 0 Å². The van der Waals surface area contributed by atoms with Gasteiger partial charge in [0.15, 0.2) is 5.13 Å². The molecule has 2 nitrogen and oxygen atoms in total. The van der Waals surface area contributed by atoms with Crippen molar-refractivity contribution >= 4 is 16.5 Å². The maximum atomic E-state index is 4.39. The summed E-state index contributed by atoms with van der Waals surface area (Å²) < 4.78 is 0. The fraction of sp³-hybridized carbons (Fsp3) is 0.400. The van der Waals surface area contributed by atoms with Gasteiger partial charge in [0.05, 0.1) is 5.69 Å². The molecule has 2 aromatic rings. The molecule has 0 saturated heterocycles. The molecular weight excluding hydrogens is 240 g/mol. The molecule has 3 heteroatoms. The second-order valence-corrected chi connectivity index (χ2v) is 5.73. The zero-order valence-corrected chi connectivity index (χ0v) is 12.1. The van der Waals surface area contributed by atoms with E-state index in [1.54, 1.807) is 11.3 Å². The van der Waals surface area contributed by atoms with E-state index in [1.807, 2.05) is 6.92 Å². The van der Waals surface area contributed by atoms with Crippen LogP contribution in [0.2, 0.25) is 0 Å². The Morgan fingerprint density at radius 1 is 1.22 bits per heavy atom. The molecule has 1 heterocycles. The molecule has 0 amide bonds.